The number of aryl methyl sites for hydroxylation is 1. The highest BCUT2D eigenvalue weighted by Crippen LogP contribution is 2.19. The summed E-state index contributed by atoms with van der Waals surface area (Å²) in [4.78, 5) is 13.0. The van der Waals surface area contributed by atoms with Crippen LogP contribution in [0.3, 0.4) is 0 Å². The first kappa shape index (κ1) is 11.6. The van der Waals surface area contributed by atoms with Crippen molar-refractivity contribution in [2.24, 2.45) is 0 Å². The van der Waals surface area contributed by atoms with Crippen LogP contribution in [-0.4, -0.2) is 32.8 Å². The van der Waals surface area contributed by atoms with Crippen LogP contribution < -0.4 is 5.32 Å². The Bertz CT molecular complexity index is 525. The molecule has 2 aromatic rings. The summed E-state index contributed by atoms with van der Waals surface area (Å²) in [6.07, 6.45) is 1.96. The quantitative estimate of drug-likeness (QED) is 0.805. The highest BCUT2D eigenvalue weighted by atomic mass is 32.2. The van der Waals surface area contributed by atoms with Gasteiger partial charge in [-0.3, -0.25) is 10.1 Å². The lowest BCUT2D eigenvalue weighted by Gasteiger charge is -2.06. The fourth-order valence-electron chi connectivity index (χ4n) is 1.36. The van der Waals surface area contributed by atoms with E-state index in [1.165, 1.54) is 0 Å². The molecule has 0 aliphatic rings. The van der Waals surface area contributed by atoms with Gasteiger partial charge in [-0.1, -0.05) is 11.2 Å². The van der Waals surface area contributed by atoms with Gasteiger partial charge in [-0.25, -0.2) is 0 Å². The lowest BCUT2D eigenvalue weighted by molar-refractivity contribution is 0.102. The van der Waals surface area contributed by atoms with E-state index in [-0.39, 0.29) is 11.9 Å². The Morgan fingerprint density at radius 3 is 2.94 bits per heavy atom. The van der Waals surface area contributed by atoms with Crippen molar-refractivity contribution < 1.29 is 4.79 Å². The van der Waals surface area contributed by atoms with Crippen molar-refractivity contribution in [1.82, 2.24) is 20.6 Å². The van der Waals surface area contributed by atoms with Crippen LogP contribution in [0, 0.1) is 6.92 Å². The van der Waals surface area contributed by atoms with Crippen LogP contribution in [0.15, 0.2) is 23.1 Å². The predicted molar refractivity (Wildman–Crippen MR) is 65.1 cm³/mol. The first-order valence-electron chi connectivity index (χ1n) is 4.90. The molecule has 0 saturated heterocycles. The molecule has 0 unspecified atom stereocenters. The standard InChI is InChI=1S/C10H11N5OS/c1-6-3-4-7(17-2)5-8(6)9(16)11-10-12-14-15-13-10/h3-5H,1-2H3,(H2,11,12,13,14,15,16). The summed E-state index contributed by atoms with van der Waals surface area (Å²) in [5, 5.41) is 15.5. The lowest BCUT2D eigenvalue weighted by Crippen LogP contribution is -2.14. The summed E-state index contributed by atoms with van der Waals surface area (Å²) in [6, 6.07) is 5.73. The molecule has 0 bridgehead atoms. The molecular weight excluding hydrogens is 238 g/mol. The Morgan fingerprint density at radius 2 is 2.29 bits per heavy atom. The highest BCUT2D eigenvalue weighted by molar-refractivity contribution is 7.98. The monoisotopic (exact) mass is 249 g/mol. The minimum Gasteiger partial charge on any atom is -0.288 e. The maximum Gasteiger partial charge on any atom is 0.270 e. The SMILES string of the molecule is CSc1ccc(C)c(C(=O)Nc2nn[nH]n2)c1. The van der Waals surface area contributed by atoms with Gasteiger partial charge in [0.25, 0.3) is 11.9 Å². The molecule has 0 spiro atoms. The number of hydrogen-bond acceptors (Lipinski definition) is 5. The number of hydrogen-bond donors (Lipinski definition) is 2. The summed E-state index contributed by atoms with van der Waals surface area (Å²) in [7, 11) is 0. The summed E-state index contributed by atoms with van der Waals surface area (Å²) in [5.74, 6) is -0.0660. The normalized spacial score (nSPS) is 10.2. The summed E-state index contributed by atoms with van der Waals surface area (Å²) in [5.41, 5.74) is 1.52. The summed E-state index contributed by atoms with van der Waals surface area (Å²) < 4.78 is 0. The van der Waals surface area contributed by atoms with Crippen molar-refractivity contribution >= 4 is 23.6 Å². The van der Waals surface area contributed by atoms with Crippen molar-refractivity contribution in [1.29, 1.82) is 0 Å². The van der Waals surface area contributed by atoms with Crippen LogP contribution in [-0.2, 0) is 0 Å². The number of aromatic nitrogens is 4. The number of benzene rings is 1. The van der Waals surface area contributed by atoms with Gasteiger partial charge in [-0.05, 0) is 36.1 Å². The van der Waals surface area contributed by atoms with Gasteiger partial charge < -0.3 is 0 Å². The van der Waals surface area contributed by atoms with Gasteiger partial charge in [-0.2, -0.15) is 5.21 Å². The lowest BCUT2D eigenvalue weighted by atomic mass is 10.1. The molecule has 0 saturated carbocycles. The van der Waals surface area contributed by atoms with E-state index in [0.29, 0.717) is 5.56 Å². The van der Waals surface area contributed by atoms with Gasteiger partial charge in [0.15, 0.2) is 0 Å². The number of amides is 1. The van der Waals surface area contributed by atoms with Crippen molar-refractivity contribution in [3.63, 3.8) is 0 Å². The van der Waals surface area contributed by atoms with E-state index in [1.807, 2.05) is 31.4 Å². The zero-order chi connectivity index (χ0) is 12.3. The number of nitrogens with one attached hydrogen (secondary N) is 2. The Labute approximate surface area is 102 Å². The number of tetrazole rings is 1. The second-order valence-electron chi connectivity index (χ2n) is 3.37. The van der Waals surface area contributed by atoms with Gasteiger partial charge in [0.1, 0.15) is 0 Å². The molecule has 2 N–H and O–H groups in total. The van der Waals surface area contributed by atoms with E-state index >= 15 is 0 Å². The zero-order valence-corrected chi connectivity index (χ0v) is 10.2. The van der Waals surface area contributed by atoms with Crippen molar-refractivity contribution in [2.45, 2.75) is 11.8 Å². The van der Waals surface area contributed by atoms with Gasteiger partial charge in [0, 0.05) is 10.5 Å². The molecule has 2 rings (SSSR count). The number of anilines is 1. The molecule has 7 heteroatoms. The number of carbonyl (C=O) groups is 1. The fourth-order valence-corrected chi connectivity index (χ4v) is 1.80. The Morgan fingerprint density at radius 1 is 1.47 bits per heavy atom. The average Bonchev–Trinajstić information content (AvgIpc) is 2.82. The maximum atomic E-state index is 12.0. The van der Waals surface area contributed by atoms with Crippen LogP contribution in [0.1, 0.15) is 15.9 Å². The molecule has 1 aromatic heterocycles. The minimum atomic E-state index is -0.236. The van der Waals surface area contributed by atoms with Crippen LogP contribution in [0.4, 0.5) is 5.95 Å². The van der Waals surface area contributed by atoms with E-state index in [9.17, 15) is 4.79 Å². The van der Waals surface area contributed by atoms with Gasteiger partial charge in [0.2, 0.25) is 0 Å². The highest BCUT2D eigenvalue weighted by Gasteiger charge is 2.11. The maximum absolute atomic E-state index is 12.0. The third-order valence-corrected chi connectivity index (χ3v) is 2.99. The molecule has 0 aliphatic carbocycles. The minimum absolute atomic E-state index is 0.170. The fraction of sp³-hybridized carbons (Fsp3) is 0.200. The molecular formula is C10H11N5OS. The number of rotatable bonds is 3. The predicted octanol–water partition coefficient (Wildman–Crippen LogP) is 1.48. The molecule has 88 valence electrons. The van der Waals surface area contributed by atoms with E-state index in [1.54, 1.807) is 11.8 Å². The molecule has 6 nitrogen and oxygen atoms in total. The molecule has 1 heterocycles. The summed E-state index contributed by atoms with van der Waals surface area (Å²) >= 11 is 1.59. The molecule has 1 aromatic carbocycles. The molecule has 0 radical (unpaired) electrons. The summed E-state index contributed by atoms with van der Waals surface area (Å²) in [6.45, 7) is 1.88. The van der Waals surface area contributed by atoms with Gasteiger partial charge in [-0.15, -0.1) is 16.9 Å². The van der Waals surface area contributed by atoms with Crippen molar-refractivity contribution in [2.75, 3.05) is 11.6 Å². The number of H-pyrrole nitrogens is 1. The molecule has 0 atom stereocenters. The van der Waals surface area contributed by atoms with Gasteiger partial charge >= 0.3 is 0 Å². The zero-order valence-electron chi connectivity index (χ0n) is 9.39. The largest absolute Gasteiger partial charge is 0.288 e. The number of aromatic amines is 1. The molecule has 1 amide bonds. The van der Waals surface area contributed by atoms with E-state index in [2.05, 4.69) is 25.9 Å². The molecule has 0 fully saturated rings. The number of nitrogens with zero attached hydrogens (tertiary/aromatic N) is 3. The smallest absolute Gasteiger partial charge is 0.270 e. The Hall–Kier alpha value is -1.89. The Balaban J connectivity index is 2.24. The average molecular weight is 249 g/mol. The Kier molecular flexibility index (Phi) is 3.38. The second-order valence-corrected chi connectivity index (χ2v) is 4.25. The van der Waals surface area contributed by atoms with Crippen molar-refractivity contribution in [3.8, 4) is 0 Å². The number of thioether (sulfide) groups is 1. The van der Waals surface area contributed by atoms with E-state index in [4.69, 9.17) is 0 Å². The van der Waals surface area contributed by atoms with Crippen LogP contribution in [0.5, 0.6) is 0 Å². The van der Waals surface area contributed by atoms with Crippen LogP contribution in [0.2, 0.25) is 0 Å². The second kappa shape index (κ2) is 4.96. The van der Waals surface area contributed by atoms with Crippen LogP contribution in [0.25, 0.3) is 0 Å². The first-order chi connectivity index (χ1) is 8.20. The van der Waals surface area contributed by atoms with Crippen molar-refractivity contribution in [3.05, 3.63) is 29.3 Å². The third kappa shape index (κ3) is 2.62. The van der Waals surface area contributed by atoms with E-state index < -0.39 is 0 Å². The number of carbonyl (C=O) groups excluding carboxylic acids is 1. The van der Waals surface area contributed by atoms with E-state index in [0.717, 1.165) is 10.5 Å². The molecule has 0 aliphatic heterocycles. The van der Waals surface area contributed by atoms with Crippen LogP contribution >= 0.6 is 11.8 Å². The topological polar surface area (TPSA) is 83.6 Å². The molecule has 17 heavy (non-hydrogen) atoms. The first-order valence-corrected chi connectivity index (χ1v) is 6.12. The third-order valence-electron chi connectivity index (χ3n) is 2.26. The van der Waals surface area contributed by atoms with Gasteiger partial charge in [0.05, 0.1) is 0 Å².